The molecule has 12 heteroatoms. The second kappa shape index (κ2) is 14.8. The van der Waals surface area contributed by atoms with E-state index in [1.165, 1.54) is 35.5 Å². The van der Waals surface area contributed by atoms with Gasteiger partial charge in [0.1, 0.15) is 0 Å². The highest BCUT2D eigenvalue weighted by Gasteiger charge is 2.22. The number of halogens is 1. The molecule has 2 aliphatic rings. The van der Waals surface area contributed by atoms with Crippen molar-refractivity contribution in [1.82, 2.24) is 14.8 Å². The minimum Gasteiger partial charge on any atom is -0.364 e. The quantitative estimate of drug-likeness (QED) is 0.487. The third-order valence-corrected chi connectivity index (χ3v) is 7.52. The summed E-state index contributed by atoms with van der Waals surface area (Å²) in [5.41, 5.74) is 12.3. The third kappa shape index (κ3) is 9.70. The summed E-state index contributed by atoms with van der Waals surface area (Å²) in [6, 6.07) is 4.90. The first-order valence-corrected chi connectivity index (χ1v) is 13.6. The fourth-order valence-corrected chi connectivity index (χ4v) is 5.36. The number of rotatable bonds is 3. The molecule has 1 aromatic carbocycles. The Kier molecular flexibility index (Phi) is 12.1. The average Bonchev–Trinajstić information content (AvgIpc) is 3.30. The van der Waals surface area contributed by atoms with Crippen molar-refractivity contribution in [2.75, 3.05) is 33.0 Å². The van der Waals surface area contributed by atoms with Gasteiger partial charge in [-0.3, -0.25) is 19.2 Å². The molecule has 1 aliphatic heterocycles. The molecule has 4 amide bonds. The van der Waals surface area contributed by atoms with Crippen molar-refractivity contribution < 1.29 is 19.2 Å². The smallest absolute Gasteiger partial charge is 0.313 e. The van der Waals surface area contributed by atoms with Gasteiger partial charge in [-0.05, 0) is 50.6 Å². The van der Waals surface area contributed by atoms with Crippen molar-refractivity contribution >= 4 is 52.3 Å². The van der Waals surface area contributed by atoms with Crippen molar-refractivity contribution in [2.24, 2.45) is 17.4 Å². The molecule has 10 nitrogen and oxygen atoms in total. The van der Waals surface area contributed by atoms with Crippen LogP contribution in [0.3, 0.4) is 0 Å². The number of fused-ring (bicyclic) bond motifs is 1. The van der Waals surface area contributed by atoms with Crippen LogP contribution in [0.15, 0.2) is 18.2 Å². The highest BCUT2D eigenvalue weighted by atomic mass is 35.5. The molecule has 0 bridgehead atoms. The number of primary amides is 2. The van der Waals surface area contributed by atoms with Crippen LogP contribution in [0.5, 0.6) is 0 Å². The van der Waals surface area contributed by atoms with Crippen molar-refractivity contribution in [3.63, 3.8) is 0 Å². The van der Waals surface area contributed by atoms with Gasteiger partial charge in [0.2, 0.25) is 5.91 Å². The van der Waals surface area contributed by atoms with E-state index in [1.807, 2.05) is 14.1 Å². The predicted octanol–water partition coefficient (Wildman–Crippen LogP) is 2.96. The standard InChI is InChI=1S/C9H9ClN2O2.C9H17NO.C8H11N3OS/c1-5-4-6(10)2-3-7(5)12-9(14)8(11)13;1-10(2)9(11)8-6-4-3-5-7-8;1-11-3-2-5-6(4-11)13-8(10-5)7(9)12/h2-4H,1H3,(H2,11,13)(H,12,14);8H,3-7H2,1-2H3;2-4H2,1H3,(H2,9,12). The number of hydrogen-bond donors (Lipinski definition) is 3. The van der Waals surface area contributed by atoms with Gasteiger partial charge in [-0.15, -0.1) is 11.3 Å². The number of nitrogens with two attached hydrogens (primary N) is 2. The van der Waals surface area contributed by atoms with E-state index in [9.17, 15) is 19.2 Å². The maximum absolute atomic E-state index is 11.4. The molecule has 0 atom stereocenters. The minimum atomic E-state index is -1.01. The fourth-order valence-electron chi connectivity index (χ4n) is 4.09. The predicted molar refractivity (Wildman–Crippen MR) is 150 cm³/mol. The summed E-state index contributed by atoms with van der Waals surface area (Å²) in [5, 5.41) is 3.38. The van der Waals surface area contributed by atoms with Gasteiger partial charge in [-0.2, -0.15) is 0 Å². The summed E-state index contributed by atoms with van der Waals surface area (Å²) in [4.78, 5) is 53.0. The van der Waals surface area contributed by atoms with E-state index < -0.39 is 17.7 Å². The molecule has 2 heterocycles. The summed E-state index contributed by atoms with van der Waals surface area (Å²) in [7, 11) is 5.75. The molecular weight excluding hydrogens is 528 g/mol. The van der Waals surface area contributed by atoms with Gasteiger partial charge in [0, 0.05) is 55.1 Å². The summed E-state index contributed by atoms with van der Waals surface area (Å²) >= 11 is 7.13. The van der Waals surface area contributed by atoms with E-state index in [0.29, 0.717) is 27.5 Å². The number of hydrogen-bond acceptors (Lipinski definition) is 7. The van der Waals surface area contributed by atoms with Gasteiger partial charge in [-0.1, -0.05) is 30.9 Å². The van der Waals surface area contributed by atoms with Crippen LogP contribution in [0.2, 0.25) is 5.02 Å². The molecule has 0 radical (unpaired) electrons. The van der Waals surface area contributed by atoms with Crippen molar-refractivity contribution in [3.8, 4) is 0 Å². The van der Waals surface area contributed by atoms with Gasteiger partial charge in [0.25, 0.3) is 5.91 Å². The Morgan fingerprint density at radius 3 is 2.34 bits per heavy atom. The van der Waals surface area contributed by atoms with Crippen molar-refractivity contribution in [1.29, 1.82) is 0 Å². The Hall–Kier alpha value is -3.02. The van der Waals surface area contributed by atoms with E-state index in [0.717, 1.165) is 43.6 Å². The first-order chi connectivity index (χ1) is 17.9. The van der Waals surface area contributed by atoms with Crippen LogP contribution in [0.1, 0.15) is 58.0 Å². The maximum atomic E-state index is 11.4. The number of nitrogens with zero attached hydrogens (tertiary/aromatic N) is 3. The number of carbonyl (C=O) groups is 4. The Labute approximate surface area is 232 Å². The lowest BCUT2D eigenvalue weighted by molar-refractivity contribution is -0.134. The van der Waals surface area contributed by atoms with Gasteiger partial charge < -0.3 is 26.6 Å². The summed E-state index contributed by atoms with van der Waals surface area (Å²) in [5.74, 6) is -1.61. The molecule has 5 N–H and O–H groups in total. The summed E-state index contributed by atoms with van der Waals surface area (Å²) in [6.45, 7) is 3.66. The Bertz CT molecular complexity index is 1150. The molecule has 0 unspecified atom stereocenters. The van der Waals surface area contributed by atoms with Crippen LogP contribution in [0.4, 0.5) is 5.69 Å². The average molecular weight is 565 g/mol. The highest BCUT2D eigenvalue weighted by molar-refractivity contribution is 7.13. The number of nitrogens with one attached hydrogen (secondary N) is 1. The number of likely N-dealkylation sites (N-methyl/N-ethyl adjacent to an activating group) is 1. The number of carbonyl (C=O) groups excluding carboxylic acids is 4. The molecule has 208 valence electrons. The molecular formula is C26H37ClN6O4S. The number of benzene rings is 1. The van der Waals surface area contributed by atoms with Crippen LogP contribution in [0.25, 0.3) is 0 Å². The molecule has 1 aromatic heterocycles. The maximum Gasteiger partial charge on any atom is 0.313 e. The summed E-state index contributed by atoms with van der Waals surface area (Å²) < 4.78 is 0. The first-order valence-electron chi connectivity index (χ1n) is 12.4. The second-order valence-electron chi connectivity index (χ2n) is 9.59. The zero-order chi connectivity index (χ0) is 28.4. The summed E-state index contributed by atoms with van der Waals surface area (Å²) in [6.07, 6.45) is 6.94. The molecule has 4 rings (SSSR count). The minimum absolute atomic E-state index is 0.324. The van der Waals surface area contributed by atoms with Crippen LogP contribution >= 0.6 is 22.9 Å². The SMILES string of the molecule is CN(C)C(=O)C1CCCCC1.CN1CCc2nc(C(N)=O)sc2C1.Cc1cc(Cl)ccc1NC(=O)C(N)=O. The van der Waals surface area contributed by atoms with Gasteiger partial charge in [-0.25, -0.2) is 4.98 Å². The molecule has 1 fully saturated rings. The normalized spacial score (nSPS) is 15.1. The zero-order valence-corrected chi connectivity index (χ0v) is 24.0. The van der Waals surface area contributed by atoms with Gasteiger partial charge in [0.05, 0.1) is 5.69 Å². The van der Waals surface area contributed by atoms with Crippen LogP contribution in [0, 0.1) is 12.8 Å². The van der Waals surface area contributed by atoms with E-state index in [-0.39, 0.29) is 0 Å². The Balaban J connectivity index is 0.000000202. The van der Waals surface area contributed by atoms with E-state index in [4.69, 9.17) is 23.1 Å². The first kappa shape index (κ1) is 31.2. The lowest BCUT2D eigenvalue weighted by Crippen LogP contribution is -2.30. The molecule has 0 saturated heterocycles. The molecule has 2 aromatic rings. The number of anilines is 1. The number of amides is 4. The number of aromatic nitrogens is 1. The van der Waals surface area contributed by atoms with Crippen LogP contribution in [-0.4, -0.2) is 66.1 Å². The fraction of sp³-hybridized carbons (Fsp3) is 0.500. The molecule has 1 aliphatic carbocycles. The number of aryl methyl sites for hydroxylation is 1. The topological polar surface area (TPSA) is 152 Å². The Morgan fingerprint density at radius 1 is 1.13 bits per heavy atom. The lowest BCUT2D eigenvalue weighted by Gasteiger charge is -2.23. The zero-order valence-electron chi connectivity index (χ0n) is 22.4. The highest BCUT2D eigenvalue weighted by Crippen LogP contribution is 2.25. The van der Waals surface area contributed by atoms with E-state index >= 15 is 0 Å². The van der Waals surface area contributed by atoms with Crippen LogP contribution in [-0.2, 0) is 27.3 Å². The van der Waals surface area contributed by atoms with Crippen LogP contribution < -0.4 is 16.8 Å². The molecule has 0 spiro atoms. The largest absolute Gasteiger partial charge is 0.364 e. The van der Waals surface area contributed by atoms with Crippen molar-refractivity contribution in [3.05, 3.63) is 44.4 Å². The number of thiazole rings is 1. The second-order valence-corrected chi connectivity index (χ2v) is 11.1. The van der Waals surface area contributed by atoms with E-state index in [2.05, 4.69) is 22.2 Å². The van der Waals surface area contributed by atoms with Crippen molar-refractivity contribution in [2.45, 2.75) is 52.0 Å². The monoisotopic (exact) mass is 564 g/mol. The molecule has 1 saturated carbocycles. The van der Waals surface area contributed by atoms with Gasteiger partial charge >= 0.3 is 11.8 Å². The van der Waals surface area contributed by atoms with E-state index in [1.54, 1.807) is 30.0 Å². The molecule has 38 heavy (non-hydrogen) atoms. The lowest BCUT2D eigenvalue weighted by atomic mass is 9.88. The third-order valence-electron chi connectivity index (χ3n) is 6.19. The van der Waals surface area contributed by atoms with Gasteiger partial charge in [0.15, 0.2) is 5.01 Å². The Morgan fingerprint density at radius 2 is 1.79 bits per heavy atom.